The molecule has 2 rings (SSSR count). The van der Waals surface area contributed by atoms with Crippen LogP contribution in [0, 0.1) is 0 Å². The van der Waals surface area contributed by atoms with Gasteiger partial charge in [-0.3, -0.25) is 15.1 Å². The molecule has 2 aromatic rings. The smallest absolute Gasteiger partial charge is 0.412 e. The standard InChI is InChI=1S/C24H35N5O3/c1-24(2,3)32-23(31)27-19-10-6-7-11-21(19)29(15-9-8-14-28(4)5)17-18-12-13-20(22(25)30)26-16-18/h6-7,10-13,16H,8-9,14-15,17H2,1-5H3,(H2,25,30)(H,27,31). The second-order valence-corrected chi connectivity index (χ2v) is 8.99. The lowest BCUT2D eigenvalue weighted by Gasteiger charge is -2.28. The van der Waals surface area contributed by atoms with Crippen molar-refractivity contribution in [1.82, 2.24) is 9.88 Å². The third-order valence-electron chi connectivity index (χ3n) is 4.61. The van der Waals surface area contributed by atoms with E-state index in [2.05, 4.69) is 34.2 Å². The van der Waals surface area contributed by atoms with E-state index >= 15 is 0 Å². The van der Waals surface area contributed by atoms with Crippen LogP contribution in [-0.4, -0.2) is 54.7 Å². The highest BCUT2D eigenvalue weighted by atomic mass is 16.6. The van der Waals surface area contributed by atoms with Crippen molar-refractivity contribution in [2.45, 2.75) is 45.8 Å². The lowest BCUT2D eigenvalue weighted by Crippen LogP contribution is -2.29. The second-order valence-electron chi connectivity index (χ2n) is 8.99. The maximum Gasteiger partial charge on any atom is 0.412 e. The Morgan fingerprint density at radius 3 is 2.34 bits per heavy atom. The number of nitrogens with one attached hydrogen (secondary N) is 1. The number of carbonyl (C=O) groups is 2. The Bertz CT molecular complexity index is 891. The van der Waals surface area contributed by atoms with Gasteiger partial charge in [-0.1, -0.05) is 18.2 Å². The normalized spacial score (nSPS) is 11.3. The summed E-state index contributed by atoms with van der Waals surface area (Å²) in [7, 11) is 4.12. The Morgan fingerprint density at radius 2 is 1.75 bits per heavy atom. The fraction of sp³-hybridized carbons (Fsp3) is 0.458. The van der Waals surface area contributed by atoms with Crippen molar-refractivity contribution >= 4 is 23.4 Å². The summed E-state index contributed by atoms with van der Waals surface area (Å²) >= 11 is 0. The third kappa shape index (κ3) is 8.55. The van der Waals surface area contributed by atoms with Crippen LogP contribution in [-0.2, 0) is 11.3 Å². The van der Waals surface area contributed by atoms with E-state index in [1.165, 1.54) is 0 Å². The van der Waals surface area contributed by atoms with Gasteiger partial charge in [-0.15, -0.1) is 0 Å². The van der Waals surface area contributed by atoms with Crippen LogP contribution in [0.5, 0.6) is 0 Å². The van der Waals surface area contributed by atoms with Crippen LogP contribution in [0.2, 0.25) is 0 Å². The molecule has 0 aliphatic rings. The van der Waals surface area contributed by atoms with E-state index in [0.29, 0.717) is 12.2 Å². The number of carbonyl (C=O) groups excluding carboxylic acids is 2. The van der Waals surface area contributed by atoms with Crippen LogP contribution in [0.1, 0.15) is 49.7 Å². The number of aromatic nitrogens is 1. The summed E-state index contributed by atoms with van der Waals surface area (Å²) in [6.07, 6.45) is 3.19. The molecule has 8 nitrogen and oxygen atoms in total. The number of hydrogen-bond donors (Lipinski definition) is 2. The van der Waals surface area contributed by atoms with E-state index in [4.69, 9.17) is 10.5 Å². The highest BCUT2D eigenvalue weighted by Gasteiger charge is 2.19. The summed E-state index contributed by atoms with van der Waals surface area (Å²) in [5.74, 6) is -0.552. The fourth-order valence-corrected chi connectivity index (χ4v) is 3.17. The van der Waals surface area contributed by atoms with Crippen molar-refractivity contribution in [1.29, 1.82) is 0 Å². The Balaban J connectivity index is 2.24. The zero-order valence-electron chi connectivity index (χ0n) is 19.7. The van der Waals surface area contributed by atoms with Gasteiger partial charge in [0, 0.05) is 19.3 Å². The van der Waals surface area contributed by atoms with Gasteiger partial charge in [-0.2, -0.15) is 0 Å². The van der Waals surface area contributed by atoms with Crippen molar-refractivity contribution < 1.29 is 14.3 Å². The number of para-hydroxylation sites is 2. The first-order valence-electron chi connectivity index (χ1n) is 10.8. The van der Waals surface area contributed by atoms with Gasteiger partial charge in [-0.05, 0) is 78.0 Å². The van der Waals surface area contributed by atoms with E-state index in [1.807, 2.05) is 51.1 Å². The Morgan fingerprint density at radius 1 is 1.06 bits per heavy atom. The molecule has 0 saturated heterocycles. The summed E-state index contributed by atoms with van der Waals surface area (Å²) < 4.78 is 5.43. The molecule has 1 aromatic carbocycles. The van der Waals surface area contributed by atoms with Gasteiger partial charge in [-0.25, -0.2) is 4.79 Å². The highest BCUT2D eigenvalue weighted by molar-refractivity contribution is 5.91. The molecule has 0 aliphatic carbocycles. The minimum absolute atomic E-state index is 0.235. The molecule has 32 heavy (non-hydrogen) atoms. The lowest BCUT2D eigenvalue weighted by molar-refractivity contribution is 0.0635. The maximum absolute atomic E-state index is 12.4. The molecule has 1 aromatic heterocycles. The lowest BCUT2D eigenvalue weighted by atomic mass is 10.1. The van der Waals surface area contributed by atoms with Crippen LogP contribution in [0.15, 0.2) is 42.6 Å². The first-order chi connectivity index (χ1) is 15.0. The summed E-state index contributed by atoms with van der Waals surface area (Å²) in [4.78, 5) is 32.2. The number of unbranched alkanes of at least 4 members (excludes halogenated alkanes) is 1. The molecule has 0 aliphatic heterocycles. The van der Waals surface area contributed by atoms with Gasteiger partial charge < -0.3 is 20.3 Å². The highest BCUT2D eigenvalue weighted by Crippen LogP contribution is 2.28. The molecule has 0 radical (unpaired) electrons. The first kappa shape index (κ1) is 25.1. The monoisotopic (exact) mass is 441 g/mol. The number of pyridine rings is 1. The van der Waals surface area contributed by atoms with Crippen molar-refractivity contribution in [2.24, 2.45) is 5.73 Å². The SMILES string of the molecule is CN(C)CCCCN(Cc1ccc(C(N)=O)nc1)c1ccccc1NC(=O)OC(C)(C)C. The van der Waals surface area contributed by atoms with Gasteiger partial charge in [0.05, 0.1) is 11.4 Å². The number of rotatable bonds is 10. The molecule has 3 N–H and O–H groups in total. The van der Waals surface area contributed by atoms with E-state index in [-0.39, 0.29) is 5.69 Å². The van der Waals surface area contributed by atoms with Crippen LogP contribution in [0.4, 0.5) is 16.2 Å². The summed E-state index contributed by atoms with van der Waals surface area (Å²) in [6.45, 7) is 7.86. The van der Waals surface area contributed by atoms with Crippen molar-refractivity contribution in [3.8, 4) is 0 Å². The first-order valence-corrected chi connectivity index (χ1v) is 10.8. The Labute approximate surface area is 190 Å². The summed E-state index contributed by atoms with van der Waals surface area (Å²) in [6, 6.07) is 11.1. The molecule has 1 heterocycles. The molecule has 0 unspecified atom stereocenters. The minimum Gasteiger partial charge on any atom is -0.444 e. The number of hydrogen-bond acceptors (Lipinski definition) is 6. The number of nitrogens with two attached hydrogens (primary N) is 1. The number of nitrogens with zero attached hydrogens (tertiary/aromatic N) is 3. The minimum atomic E-state index is -0.585. The number of benzene rings is 1. The number of ether oxygens (including phenoxy) is 1. The number of amides is 2. The van der Waals surface area contributed by atoms with Crippen molar-refractivity contribution in [2.75, 3.05) is 37.4 Å². The average Bonchev–Trinajstić information content (AvgIpc) is 2.69. The van der Waals surface area contributed by atoms with Gasteiger partial charge in [0.2, 0.25) is 0 Å². The molecular weight excluding hydrogens is 406 g/mol. The zero-order chi connectivity index (χ0) is 23.7. The Hall–Kier alpha value is -3.13. The van der Waals surface area contributed by atoms with Gasteiger partial charge in [0.25, 0.3) is 5.91 Å². The number of anilines is 2. The molecule has 2 amide bonds. The fourth-order valence-electron chi connectivity index (χ4n) is 3.17. The maximum atomic E-state index is 12.4. The number of primary amides is 1. The van der Waals surface area contributed by atoms with Gasteiger partial charge in [0.15, 0.2) is 0 Å². The van der Waals surface area contributed by atoms with Crippen LogP contribution >= 0.6 is 0 Å². The topological polar surface area (TPSA) is 101 Å². The van der Waals surface area contributed by atoms with Crippen molar-refractivity contribution in [3.05, 3.63) is 53.9 Å². The van der Waals surface area contributed by atoms with E-state index in [0.717, 1.165) is 37.2 Å². The molecule has 0 fully saturated rings. The molecule has 0 bridgehead atoms. The molecule has 174 valence electrons. The van der Waals surface area contributed by atoms with E-state index in [1.54, 1.807) is 12.3 Å². The average molecular weight is 442 g/mol. The molecular formula is C24H35N5O3. The van der Waals surface area contributed by atoms with E-state index < -0.39 is 17.6 Å². The van der Waals surface area contributed by atoms with Crippen LogP contribution < -0.4 is 16.0 Å². The van der Waals surface area contributed by atoms with Gasteiger partial charge in [0.1, 0.15) is 11.3 Å². The van der Waals surface area contributed by atoms with E-state index in [9.17, 15) is 9.59 Å². The third-order valence-corrected chi connectivity index (χ3v) is 4.61. The van der Waals surface area contributed by atoms with Crippen LogP contribution in [0.3, 0.4) is 0 Å². The quantitative estimate of drug-likeness (QED) is 0.543. The van der Waals surface area contributed by atoms with Crippen LogP contribution in [0.25, 0.3) is 0 Å². The summed E-state index contributed by atoms with van der Waals surface area (Å²) in [5, 5.41) is 2.88. The zero-order valence-corrected chi connectivity index (χ0v) is 19.7. The largest absolute Gasteiger partial charge is 0.444 e. The predicted molar refractivity (Wildman–Crippen MR) is 128 cm³/mol. The molecule has 0 saturated carbocycles. The molecule has 8 heteroatoms. The molecule has 0 atom stereocenters. The summed E-state index contributed by atoms with van der Waals surface area (Å²) in [5.41, 5.74) is 7.46. The van der Waals surface area contributed by atoms with Crippen molar-refractivity contribution in [3.63, 3.8) is 0 Å². The van der Waals surface area contributed by atoms with Gasteiger partial charge >= 0.3 is 6.09 Å². The molecule has 0 spiro atoms. The Kier molecular flexibility index (Phi) is 9.02. The predicted octanol–water partition coefficient (Wildman–Crippen LogP) is 3.88. The second kappa shape index (κ2) is 11.5.